The van der Waals surface area contributed by atoms with Crippen LogP contribution in [-0.2, 0) is 0 Å². The second-order valence-corrected chi connectivity index (χ2v) is 12.9. The van der Waals surface area contributed by atoms with Gasteiger partial charge in [-0.1, -0.05) is 121 Å². The minimum Gasteiger partial charge on any atom is -0.455 e. The molecule has 0 spiro atoms. The summed E-state index contributed by atoms with van der Waals surface area (Å²) >= 11 is 0. The number of furan rings is 1. The zero-order chi connectivity index (χ0) is 35.7. The summed E-state index contributed by atoms with van der Waals surface area (Å²) < 4.78 is 6.71. The number of fused-ring (bicyclic) bond motifs is 3. The monoisotopic (exact) mass is 679 g/mol. The molecule has 0 radical (unpaired) electrons. The molecule has 7 aromatic carbocycles. The topological polar surface area (TPSA) is 97.5 Å². The smallest absolute Gasteiger partial charge is 0.159 e. The molecule has 9 rings (SSSR count). The van der Waals surface area contributed by atoms with Gasteiger partial charge in [-0.05, 0) is 75.8 Å². The first-order chi connectivity index (χ1) is 26.1. The van der Waals surface area contributed by atoms with Crippen molar-refractivity contribution in [3.05, 3.63) is 192 Å². The highest BCUT2D eigenvalue weighted by molar-refractivity contribution is 6.23. The van der Waals surface area contributed by atoms with Crippen LogP contribution in [0.3, 0.4) is 0 Å². The van der Waals surface area contributed by atoms with Gasteiger partial charge in [0.2, 0.25) is 0 Å². The highest BCUT2D eigenvalue weighted by Gasteiger charge is 2.25. The summed E-state index contributed by atoms with van der Waals surface area (Å²) in [5.41, 5.74) is 11.1. The molecule has 2 heterocycles. The Kier molecular flexibility index (Phi) is 7.89. The average molecular weight is 680 g/mol. The number of nitriles is 2. The molecule has 0 bridgehead atoms. The van der Waals surface area contributed by atoms with E-state index in [4.69, 9.17) is 14.4 Å². The van der Waals surface area contributed by atoms with Crippen LogP contribution in [0.5, 0.6) is 0 Å². The van der Waals surface area contributed by atoms with Crippen LogP contribution in [0, 0.1) is 22.7 Å². The molecule has 0 saturated heterocycles. The maximum Gasteiger partial charge on any atom is 0.159 e. The number of nitrogens with zero attached hydrogens (tertiary/aromatic N) is 4. The molecule has 1 unspecified atom stereocenters. The van der Waals surface area contributed by atoms with Crippen molar-refractivity contribution >= 4 is 33.6 Å². The molecule has 0 aliphatic carbocycles. The summed E-state index contributed by atoms with van der Waals surface area (Å²) in [5, 5.41) is 24.9. The summed E-state index contributed by atoms with van der Waals surface area (Å²) in [6.45, 7) is 0. The van der Waals surface area contributed by atoms with Gasteiger partial charge in [0.25, 0.3) is 0 Å². The lowest BCUT2D eigenvalue weighted by Gasteiger charge is -2.24. The van der Waals surface area contributed by atoms with E-state index < -0.39 is 0 Å². The van der Waals surface area contributed by atoms with E-state index >= 15 is 0 Å². The molecule has 1 aliphatic rings. The van der Waals surface area contributed by atoms with Crippen molar-refractivity contribution in [1.82, 2.24) is 5.32 Å². The molecule has 6 nitrogen and oxygen atoms in total. The summed E-state index contributed by atoms with van der Waals surface area (Å²) in [4.78, 5) is 10.3. The Hall–Kier alpha value is -7.54. The van der Waals surface area contributed by atoms with E-state index in [0.717, 1.165) is 60.8 Å². The largest absolute Gasteiger partial charge is 0.455 e. The zero-order valence-electron chi connectivity index (χ0n) is 28.4. The fraction of sp³-hybridized carbons (Fsp3) is 0.0213. The maximum atomic E-state index is 9.75. The Morgan fingerprint density at radius 3 is 1.89 bits per heavy atom. The summed E-state index contributed by atoms with van der Waals surface area (Å²) in [6.07, 6.45) is -0.380. The first-order valence-corrected chi connectivity index (χ1v) is 17.3. The average Bonchev–Trinajstić information content (AvgIpc) is 3.63. The van der Waals surface area contributed by atoms with Gasteiger partial charge in [-0.2, -0.15) is 10.5 Å². The highest BCUT2D eigenvalue weighted by Crippen LogP contribution is 2.41. The minimum absolute atomic E-state index is 0.380. The van der Waals surface area contributed by atoms with Gasteiger partial charge in [0.05, 0.1) is 23.3 Å². The van der Waals surface area contributed by atoms with Crippen LogP contribution in [-0.4, -0.2) is 11.7 Å². The summed E-state index contributed by atoms with van der Waals surface area (Å²) in [5.74, 6) is 1.30. The summed E-state index contributed by atoms with van der Waals surface area (Å²) in [6, 6.07) is 58.7. The molecule has 6 heteroatoms. The lowest BCUT2D eigenvalue weighted by atomic mass is 9.93. The third kappa shape index (κ3) is 5.91. The van der Waals surface area contributed by atoms with Crippen LogP contribution < -0.4 is 5.32 Å². The van der Waals surface area contributed by atoms with Gasteiger partial charge >= 0.3 is 0 Å². The highest BCUT2D eigenvalue weighted by atomic mass is 16.3. The first-order valence-electron chi connectivity index (χ1n) is 17.3. The second kappa shape index (κ2) is 13.3. The van der Waals surface area contributed by atoms with E-state index in [1.54, 1.807) is 12.1 Å². The van der Waals surface area contributed by atoms with Gasteiger partial charge in [-0.15, -0.1) is 0 Å². The number of nitrogens with one attached hydrogen (secondary N) is 1. The van der Waals surface area contributed by atoms with Crippen LogP contribution in [0.1, 0.15) is 34.0 Å². The summed E-state index contributed by atoms with van der Waals surface area (Å²) in [7, 11) is 0. The molecule has 1 N–H and O–H groups in total. The lowest BCUT2D eigenvalue weighted by Crippen LogP contribution is -2.33. The maximum absolute atomic E-state index is 9.75. The Morgan fingerprint density at radius 2 is 1.15 bits per heavy atom. The predicted octanol–water partition coefficient (Wildman–Crippen LogP) is 10.8. The third-order valence-electron chi connectivity index (χ3n) is 9.59. The van der Waals surface area contributed by atoms with E-state index in [9.17, 15) is 10.5 Å². The molecule has 1 aliphatic heterocycles. The molecule has 0 amide bonds. The number of rotatable bonds is 6. The van der Waals surface area contributed by atoms with E-state index in [0.29, 0.717) is 34.0 Å². The zero-order valence-corrected chi connectivity index (χ0v) is 28.4. The number of hydrogen-bond donors (Lipinski definition) is 1. The number of hydrogen-bond acceptors (Lipinski definition) is 6. The third-order valence-corrected chi connectivity index (χ3v) is 9.59. The van der Waals surface area contributed by atoms with E-state index in [1.165, 1.54) is 0 Å². The van der Waals surface area contributed by atoms with Gasteiger partial charge in [-0.3, -0.25) is 0 Å². The van der Waals surface area contributed by atoms with Crippen LogP contribution in [0.25, 0.3) is 55.3 Å². The molecule has 53 heavy (non-hydrogen) atoms. The van der Waals surface area contributed by atoms with Crippen LogP contribution >= 0.6 is 0 Å². The van der Waals surface area contributed by atoms with Gasteiger partial charge in [0.1, 0.15) is 23.2 Å². The first kappa shape index (κ1) is 31.4. The molecular formula is C47H29N5O. The van der Waals surface area contributed by atoms with Crippen molar-refractivity contribution in [1.29, 1.82) is 10.5 Å². The Morgan fingerprint density at radius 1 is 0.528 bits per heavy atom. The fourth-order valence-electron chi connectivity index (χ4n) is 7.00. The normalized spacial score (nSPS) is 13.8. The lowest BCUT2D eigenvalue weighted by molar-refractivity contribution is 0.668. The van der Waals surface area contributed by atoms with Gasteiger partial charge < -0.3 is 9.73 Å². The van der Waals surface area contributed by atoms with Crippen molar-refractivity contribution in [3.63, 3.8) is 0 Å². The van der Waals surface area contributed by atoms with Crippen LogP contribution in [0.2, 0.25) is 0 Å². The van der Waals surface area contributed by atoms with Crippen molar-refractivity contribution < 1.29 is 4.42 Å². The minimum atomic E-state index is -0.380. The Labute approximate surface area is 306 Å². The van der Waals surface area contributed by atoms with Crippen molar-refractivity contribution in [2.45, 2.75) is 6.17 Å². The van der Waals surface area contributed by atoms with Crippen LogP contribution in [0.4, 0.5) is 0 Å². The quantitative estimate of drug-likeness (QED) is 0.189. The molecule has 8 aromatic rings. The van der Waals surface area contributed by atoms with Crippen molar-refractivity contribution in [2.75, 3.05) is 0 Å². The Bertz CT molecular complexity index is 2820. The van der Waals surface area contributed by atoms with Crippen molar-refractivity contribution in [2.24, 2.45) is 9.98 Å². The van der Waals surface area contributed by atoms with E-state index in [-0.39, 0.29) is 6.17 Å². The SMILES string of the molecule is N#Cc1cccc(-c2cc(-c3cccc(C#N)c3)c3oc4cccc(C5=NC(c6ccc(-c7ccccc7)cc6)=NC(c6ccccc6)N5)c4c3c2)c1. The van der Waals surface area contributed by atoms with Gasteiger partial charge in [0, 0.05) is 27.5 Å². The van der Waals surface area contributed by atoms with Gasteiger partial charge in [0.15, 0.2) is 5.84 Å². The predicted molar refractivity (Wildman–Crippen MR) is 211 cm³/mol. The fourth-order valence-corrected chi connectivity index (χ4v) is 7.00. The van der Waals surface area contributed by atoms with Crippen molar-refractivity contribution in [3.8, 4) is 45.5 Å². The molecule has 0 fully saturated rings. The molecule has 1 atom stereocenters. The second-order valence-electron chi connectivity index (χ2n) is 12.9. The molecule has 0 saturated carbocycles. The number of amidine groups is 2. The number of aliphatic imine (C=N–C) groups is 2. The molecule has 248 valence electrons. The number of benzene rings is 7. The van der Waals surface area contributed by atoms with Gasteiger partial charge in [-0.25, -0.2) is 9.98 Å². The van der Waals surface area contributed by atoms with E-state index in [2.05, 4.69) is 84.2 Å². The standard InChI is InChI=1S/C47H29N5O/c48-28-30-10-7-16-36(24-30)38-26-40(37-17-8-11-31(25-37)29-49)44-41(27-38)43-39(18-9-19-42(43)53-44)47-51-45(34-14-5-2-6-15-34)50-46(52-47)35-22-20-33(21-23-35)32-12-3-1-4-13-32/h1-27,45H,(H,50,51,52). The molecular weight excluding hydrogens is 651 g/mol. The molecule has 1 aromatic heterocycles. The Balaban J connectivity index is 1.25. The van der Waals surface area contributed by atoms with E-state index in [1.807, 2.05) is 84.9 Å². The van der Waals surface area contributed by atoms with Crippen LogP contribution in [0.15, 0.2) is 178 Å².